The predicted molar refractivity (Wildman–Crippen MR) is 58.2 cm³/mol. The van der Waals surface area contributed by atoms with Gasteiger partial charge in [0.1, 0.15) is 0 Å². The van der Waals surface area contributed by atoms with Crippen LogP contribution in [0.15, 0.2) is 0 Å². The summed E-state index contributed by atoms with van der Waals surface area (Å²) >= 11 is 0. The molecule has 1 unspecified atom stereocenters. The fraction of sp³-hybridized carbons (Fsp3) is 0.909. The molecule has 14 heavy (non-hydrogen) atoms. The molecule has 1 saturated heterocycles. The zero-order chi connectivity index (χ0) is 10.4. The van der Waals surface area contributed by atoms with Crippen LogP contribution in [0.1, 0.15) is 39.0 Å². The Kier molecular flexibility index (Phi) is 4.94. The first-order valence-electron chi connectivity index (χ1n) is 5.71. The molecule has 0 spiro atoms. The van der Waals surface area contributed by atoms with Crippen LogP contribution < -0.4 is 5.32 Å². The number of nitrogens with zero attached hydrogens (tertiary/aromatic N) is 1. The van der Waals surface area contributed by atoms with Gasteiger partial charge in [0.15, 0.2) is 0 Å². The molecule has 0 saturated carbocycles. The maximum atomic E-state index is 11.9. The minimum absolute atomic E-state index is 0.0329. The summed E-state index contributed by atoms with van der Waals surface area (Å²) in [6.45, 7) is 3.83. The van der Waals surface area contributed by atoms with E-state index in [4.69, 9.17) is 0 Å². The van der Waals surface area contributed by atoms with Crippen LogP contribution in [0.5, 0.6) is 0 Å². The van der Waals surface area contributed by atoms with Gasteiger partial charge in [0.05, 0.1) is 6.04 Å². The zero-order valence-corrected chi connectivity index (χ0v) is 9.38. The van der Waals surface area contributed by atoms with Crippen LogP contribution in [0.25, 0.3) is 0 Å². The number of hydrogen-bond acceptors (Lipinski definition) is 2. The van der Waals surface area contributed by atoms with Gasteiger partial charge in [-0.1, -0.05) is 19.3 Å². The van der Waals surface area contributed by atoms with Crippen LogP contribution in [0.3, 0.4) is 0 Å². The number of likely N-dealkylation sites (tertiary alicyclic amines) is 1. The molecule has 0 radical (unpaired) electrons. The van der Waals surface area contributed by atoms with Gasteiger partial charge in [-0.05, 0) is 26.8 Å². The fourth-order valence-electron chi connectivity index (χ4n) is 1.87. The number of carbonyl (C=O) groups excluding carboxylic acids is 1. The molecule has 1 N–H and O–H groups in total. The van der Waals surface area contributed by atoms with E-state index < -0.39 is 0 Å². The van der Waals surface area contributed by atoms with Crippen LogP contribution in [-0.4, -0.2) is 37.0 Å². The first kappa shape index (κ1) is 11.5. The Balaban J connectivity index is 2.42. The smallest absolute Gasteiger partial charge is 0.239 e. The van der Waals surface area contributed by atoms with E-state index in [-0.39, 0.29) is 11.9 Å². The van der Waals surface area contributed by atoms with Gasteiger partial charge in [0.25, 0.3) is 0 Å². The lowest BCUT2D eigenvalue weighted by Crippen LogP contribution is -2.44. The lowest BCUT2D eigenvalue weighted by molar-refractivity contribution is -0.133. The van der Waals surface area contributed by atoms with Crippen molar-refractivity contribution in [2.75, 3.05) is 20.1 Å². The second-order valence-electron chi connectivity index (χ2n) is 4.10. The summed E-state index contributed by atoms with van der Waals surface area (Å²) in [7, 11) is 1.84. The molecule has 82 valence electrons. The Morgan fingerprint density at radius 3 is 2.14 bits per heavy atom. The van der Waals surface area contributed by atoms with Gasteiger partial charge in [0, 0.05) is 13.1 Å². The fourth-order valence-corrected chi connectivity index (χ4v) is 1.87. The molecule has 1 heterocycles. The van der Waals surface area contributed by atoms with Gasteiger partial charge in [0.2, 0.25) is 5.91 Å². The van der Waals surface area contributed by atoms with E-state index in [2.05, 4.69) is 5.32 Å². The Morgan fingerprint density at radius 2 is 1.64 bits per heavy atom. The number of rotatable bonds is 2. The Bertz CT molecular complexity index is 174. The molecule has 1 rings (SSSR count). The van der Waals surface area contributed by atoms with Crippen molar-refractivity contribution >= 4 is 5.91 Å². The standard InChI is InChI=1S/C11H22N2O/c1-10(12-2)11(14)13-8-6-4-3-5-7-9-13/h10,12H,3-9H2,1-2H3. The first-order chi connectivity index (χ1) is 6.75. The lowest BCUT2D eigenvalue weighted by atomic mass is 10.1. The third-order valence-electron chi connectivity index (χ3n) is 2.97. The molecule has 0 bridgehead atoms. The van der Waals surface area contributed by atoms with E-state index in [1.807, 2.05) is 18.9 Å². The highest BCUT2D eigenvalue weighted by atomic mass is 16.2. The molecule has 1 fully saturated rings. The van der Waals surface area contributed by atoms with Crippen molar-refractivity contribution in [3.63, 3.8) is 0 Å². The third-order valence-corrected chi connectivity index (χ3v) is 2.97. The SMILES string of the molecule is CNC(C)C(=O)N1CCCCCCC1. The van der Waals surface area contributed by atoms with Gasteiger partial charge >= 0.3 is 0 Å². The third kappa shape index (κ3) is 3.29. The number of nitrogens with one attached hydrogen (secondary N) is 1. The Labute approximate surface area is 86.9 Å². The average molecular weight is 198 g/mol. The minimum atomic E-state index is -0.0329. The Morgan fingerprint density at radius 1 is 1.14 bits per heavy atom. The normalized spacial score (nSPS) is 21.1. The Hall–Kier alpha value is -0.570. The summed E-state index contributed by atoms with van der Waals surface area (Å²) in [6, 6.07) is -0.0329. The summed E-state index contributed by atoms with van der Waals surface area (Å²) in [4.78, 5) is 13.9. The minimum Gasteiger partial charge on any atom is -0.341 e. The molecular weight excluding hydrogens is 176 g/mol. The molecular formula is C11H22N2O. The van der Waals surface area contributed by atoms with E-state index in [0.717, 1.165) is 13.1 Å². The van der Waals surface area contributed by atoms with E-state index in [1.54, 1.807) is 0 Å². The number of likely N-dealkylation sites (N-methyl/N-ethyl adjacent to an activating group) is 1. The zero-order valence-electron chi connectivity index (χ0n) is 9.38. The molecule has 0 aromatic rings. The van der Waals surface area contributed by atoms with Crippen molar-refractivity contribution < 1.29 is 4.79 Å². The predicted octanol–water partition coefficient (Wildman–Crippen LogP) is 1.39. The van der Waals surface area contributed by atoms with Crippen molar-refractivity contribution in [2.45, 2.75) is 45.1 Å². The first-order valence-corrected chi connectivity index (χ1v) is 5.71. The molecule has 3 nitrogen and oxygen atoms in total. The maximum absolute atomic E-state index is 11.9. The van der Waals surface area contributed by atoms with Crippen LogP contribution in [0.4, 0.5) is 0 Å². The van der Waals surface area contributed by atoms with Gasteiger partial charge in [-0.2, -0.15) is 0 Å². The molecule has 1 aliphatic rings. The average Bonchev–Trinajstić information content (AvgIpc) is 2.15. The highest BCUT2D eigenvalue weighted by Crippen LogP contribution is 2.11. The van der Waals surface area contributed by atoms with E-state index >= 15 is 0 Å². The molecule has 0 aromatic heterocycles. The van der Waals surface area contributed by atoms with Crippen molar-refractivity contribution in [1.29, 1.82) is 0 Å². The number of hydrogen-bond donors (Lipinski definition) is 1. The summed E-state index contributed by atoms with van der Waals surface area (Å²) < 4.78 is 0. The lowest BCUT2D eigenvalue weighted by Gasteiger charge is -2.27. The largest absolute Gasteiger partial charge is 0.341 e. The summed E-state index contributed by atoms with van der Waals surface area (Å²) in [5, 5.41) is 3.01. The number of carbonyl (C=O) groups is 1. The van der Waals surface area contributed by atoms with Crippen LogP contribution in [0, 0.1) is 0 Å². The van der Waals surface area contributed by atoms with Crippen LogP contribution >= 0.6 is 0 Å². The molecule has 3 heteroatoms. The van der Waals surface area contributed by atoms with E-state index in [9.17, 15) is 4.79 Å². The van der Waals surface area contributed by atoms with Crippen molar-refractivity contribution in [3.8, 4) is 0 Å². The highest BCUT2D eigenvalue weighted by Gasteiger charge is 2.18. The van der Waals surface area contributed by atoms with Gasteiger partial charge in [-0.25, -0.2) is 0 Å². The molecule has 0 aromatic carbocycles. The summed E-state index contributed by atoms with van der Waals surface area (Å²) in [6.07, 6.45) is 6.23. The highest BCUT2D eigenvalue weighted by molar-refractivity contribution is 5.81. The molecule has 1 aliphatic heterocycles. The topological polar surface area (TPSA) is 32.3 Å². The van der Waals surface area contributed by atoms with Crippen molar-refractivity contribution in [1.82, 2.24) is 10.2 Å². The van der Waals surface area contributed by atoms with Gasteiger partial charge in [-0.15, -0.1) is 0 Å². The van der Waals surface area contributed by atoms with Crippen LogP contribution in [0.2, 0.25) is 0 Å². The monoisotopic (exact) mass is 198 g/mol. The number of amides is 1. The van der Waals surface area contributed by atoms with Crippen LogP contribution in [-0.2, 0) is 4.79 Å². The molecule has 0 aliphatic carbocycles. The van der Waals surface area contributed by atoms with Gasteiger partial charge in [-0.3, -0.25) is 4.79 Å². The van der Waals surface area contributed by atoms with Gasteiger partial charge < -0.3 is 10.2 Å². The molecule has 1 amide bonds. The second-order valence-corrected chi connectivity index (χ2v) is 4.10. The summed E-state index contributed by atoms with van der Waals surface area (Å²) in [5.41, 5.74) is 0. The second kappa shape index (κ2) is 6.02. The van der Waals surface area contributed by atoms with Crippen molar-refractivity contribution in [3.05, 3.63) is 0 Å². The maximum Gasteiger partial charge on any atom is 0.239 e. The summed E-state index contributed by atoms with van der Waals surface area (Å²) in [5.74, 6) is 0.259. The van der Waals surface area contributed by atoms with Crippen molar-refractivity contribution in [2.24, 2.45) is 0 Å². The van der Waals surface area contributed by atoms with E-state index in [1.165, 1.54) is 32.1 Å². The van der Waals surface area contributed by atoms with E-state index in [0.29, 0.717) is 0 Å². The molecule has 1 atom stereocenters. The quantitative estimate of drug-likeness (QED) is 0.727.